The minimum Gasteiger partial charge on any atom is -0.465 e. The summed E-state index contributed by atoms with van der Waals surface area (Å²) in [7, 11) is 3.05. The summed E-state index contributed by atoms with van der Waals surface area (Å²) in [5, 5.41) is 3.93. The molecule has 0 aliphatic carbocycles. The van der Waals surface area contributed by atoms with Gasteiger partial charge in [0.05, 0.1) is 19.4 Å². The molecule has 6 heteroatoms. The molecule has 0 aliphatic rings. The van der Waals surface area contributed by atoms with E-state index in [0.717, 1.165) is 11.7 Å². The maximum atomic E-state index is 11.4. The highest BCUT2D eigenvalue weighted by Crippen LogP contribution is 2.23. The molecule has 1 unspecified atom stereocenters. The SMILES string of the molecule is COCC(C)CNc1nc(C)c(C(=O)OC)s1. The van der Waals surface area contributed by atoms with Crippen molar-refractivity contribution in [2.24, 2.45) is 5.92 Å². The number of thiazole rings is 1. The lowest BCUT2D eigenvalue weighted by molar-refractivity contribution is 0.0605. The third-order valence-corrected chi connectivity index (χ3v) is 3.32. The molecular formula is C11H18N2O3S. The quantitative estimate of drug-likeness (QED) is 0.790. The van der Waals surface area contributed by atoms with Gasteiger partial charge in [-0.2, -0.15) is 0 Å². The number of hydrogen-bond acceptors (Lipinski definition) is 6. The van der Waals surface area contributed by atoms with Crippen LogP contribution in [-0.4, -0.2) is 38.3 Å². The van der Waals surface area contributed by atoms with Crippen molar-refractivity contribution in [2.75, 3.05) is 32.7 Å². The molecule has 0 amide bonds. The molecule has 0 aromatic carbocycles. The van der Waals surface area contributed by atoms with E-state index in [-0.39, 0.29) is 5.97 Å². The second-order valence-corrected chi connectivity index (χ2v) is 4.87. The second-order valence-electron chi connectivity index (χ2n) is 3.87. The van der Waals surface area contributed by atoms with Crippen molar-refractivity contribution >= 4 is 22.4 Å². The van der Waals surface area contributed by atoms with E-state index in [2.05, 4.69) is 22.0 Å². The molecule has 0 saturated carbocycles. The van der Waals surface area contributed by atoms with Crippen LogP contribution in [0.3, 0.4) is 0 Å². The summed E-state index contributed by atoms with van der Waals surface area (Å²) in [4.78, 5) is 16.2. The summed E-state index contributed by atoms with van der Waals surface area (Å²) in [6.45, 7) is 5.34. The normalized spacial score (nSPS) is 12.2. The Hall–Kier alpha value is -1.14. The van der Waals surface area contributed by atoms with Gasteiger partial charge in [0.2, 0.25) is 0 Å². The molecule has 5 nitrogen and oxygen atoms in total. The van der Waals surface area contributed by atoms with Crippen molar-refractivity contribution < 1.29 is 14.3 Å². The Labute approximate surface area is 105 Å². The number of aromatic nitrogens is 1. The first kappa shape index (κ1) is 13.9. The number of carbonyl (C=O) groups is 1. The zero-order valence-electron chi connectivity index (χ0n) is 10.6. The lowest BCUT2D eigenvalue weighted by Crippen LogP contribution is -2.15. The van der Waals surface area contributed by atoms with Crippen LogP contribution < -0.4 is 5.32 Å². The van der Waals surface area contributed by atoms with Crippen LogP contribution in [0, 0.1) is 12.8 Å². The zero-order chi connectivity index (χ0) is 12.8. The Kier molecular flexibility index (Phi) is 5.37. The Morgan fingerprint density at radius 2 is 2.24 bits per heavy atom. The fourth-order valence-electron chi connectivity index (χ4n) is 1.36. The van der Waals surface area contributed by atoms with Crippen molar-refractivity contribution in [3.8, 4) is 0 Å². The number of carbonyl (C=O) groups excluding carboxylic acids is 1. The second kappa shape index (κ2) is 6.56. The molecule has 1 atom stereocenters. The van der Waals surface area contributed by atoms with Crippen molar-refractivity contribution in [3.05, 3.63) is 10.6 Å². The van der Waals surface area contributed by atoms with Crippen molar-refractivity contribution in [3.63, 3.8) is 0 Å². The molecule has 0 saturated heterocycles. The number of nitrogens with zero attached hydrogens (tertiary/aromatic N) is 1. The highest BCUT2D eigenvalue weighted by molar-refractivity contribution is 7.17. The van der Waals surface area contributed by atoms with Crippen LogP contribution in [0.2, 0.25) is 0 Å². The first-order chi connectivity index (χ1) is 8.08. The van der Waals surface area contributed by atoms with E-state index in [9.17, 15) is 4.79 Å². The largest absolute Gasteiger partial charge is 0.465 e. The van der Waals surface area contributed by atoms with Gasteiger partial charge in [-0.05, 0) is 12.8 Å². The minimum atomic E-state index is -0.335. The molecule has 0 fully saturated rings. The fraction of sp³-hybridized carbons (Fsp3) is 0.636. The fourth-order valence-corrected chi connectivity index (χ4v) is 2.25. The topological polar surface area (TPSA) is 60.5 Å². The molecule has 0 bridgehead atoms. The Morgan fingerprint density at radius 3 is 2.82 bits per heavy atom. The van der Waals surface area contributed by atoms with Crippen molar-refractivity contribution in [1.82, 2.24) is 4.98 Å². The van der Waals surface area contributed by atoms with Crippen molar-refractivity contribution in [2.45, 2.75) is 13.8 Å². The summed E-state index contributed by atoms with van der Waals surface area (Å²) in [5.74, 6) is 0.0590. The molecule has 1 N–H and O–H groups in total. The van der Waals surface area contributed by atoms with Gasteiger partial charge in [-0.3, -0.25) is 0 Å². The molecule has 1 aromatic heterocycles. The predicted octanol–water partition coefficient (Wildman–Crippen LogP) is 1.93. The van der Waals surface area contributed by atoms with E-state index < -0.39 is 0 Å². The molecule has 96 valence electrons. The maximum Gasteiger partial charge on any atom is 0.350 e. The number of esters is 1. The van der Waals surface area contributed by atoms with Crippen LogP contribution in [0.25, 0.3) is 0 Å². The molecule has 1 rings (SSSR count). The van der Waals surface area contributed by atoms with Crippen LogP contribution in [0.5, 0.6) is 0 Å². The van der Waals surface area contributed by atoms with Crippen molar-refractivity contribution in [1.29, 1.82) is 0 Å². The number of anilines is 1. The Bertz CT molecular complexity index is 379. The monoisotopic (exact) mass is 258 g/mol. The van der Waals surface area contributed by atoms with Gasteiger partial charge in [-0.25, -0.2) is 9.78 Å². The van der Waals surface area contributed by atoms with Gasteiger partial charge in [0, 0.05) is 13.7 Å². The van der Waals surface area contributed by atoms with Gasteiger partial charge >= 0.3 is 5.97 Å². The average Bonchev–Trinajstić information content (AvgIpc) is 2.67. The van der Waals surface area contributed by atoms with E-state index in [1.807, 2.05) is 0 Å². The third kappa shape index (κ3) is 3.98. The molecule has 1 aromatic rings. The van der Waals surface area contributed by atoms with Gasteiger partial charge in [-0.1, -0.05) is 18.3 Å². The van der Waals surface area contributed by atoms with E-state index in [1.165, 1.54) is 18.4 Å². The summed E-state index contributed by atoms with van der Waals surface area (Å²) in [6, 6.07) is 0. The third-order valence-electron chi connectivity index (χ3n) is 2.22. The number of aryl methyl sites for hydroxylation is 1. The summed E-state index contributed by atoms with van der Waals surface area (Å²) in [5.41, 5.74) is 0.698. The highest BCUT2D eigenvalue weighted by atomic mass is 32.1. The van der Waals surface area contributed by atoms with Gasteiger partial charge in [0.25, 0.3) is 0 Å². The summed E-state index contributed by atoms with van der Waals surface area (Å²) < 4.78 is 9.72. The standard InChI is InChI=1S/C11H18N2O3S/c1-7(6-15-3)5-12-11-13-8(2)9(17-11)10(14)16-4/h7H,5-6H2,1-4H3,(H,12,13). The number of ether oxygens (including phenoxy) is 2. The number of rotatable bonds is 6. The molecular weight excluding hydrogens is 240 g/mol. The van der Waals surface area contributed by atoms with Crippen LogP contribution in [0.4, 0.5) is 5.13 Å². The zero-order valence-corrected chi connectivity index (χ0v) is 11.4. The molecule has 0 aliphatic heterocycles. The van der Waals surface area contributed by atoms with E-state index in [4.69, 9.17) is 4.74 Å². The van der Waals surface area contributed by atoms with Crippen LogP contribution in [-0.2, 0) is 9.47 Å². The smallest absolute Gasteiger partial charge is 0.350 e. The molecule has 0 spiro atoms. The summed E-state index contributed by atoms with van der Waals surface area (Å²) in [6.07, 6.45) is 0. The lowest BCUT2D eigenvalue weighted by Gasteiger charge is -2.09. The lowest BCUT2D eigenvalue weighted by atomic mass is 10.2. The number of hydrogen-bond donors (Lipinski definition) is 1. The van der Waals surface area contributed by atoms with Crippen LogP contribution >= 0.6 is 11.3 Å². The van der Waals surface area contributed by atoms with E-state index >= 15 is 0 Å². The van der Waals surface area contributed by atoms with Gasteiger partial charge < -0.3 is 14.8 Å². The van der Waals surface area contributed by atoms with E-state index in [0.29, 0.717) is 23.1 Å². The molecule has 0 radical (unpaired) electrons. The first-order valence-electron chi connectivity index (χ1n) is 5.37. The first-order valence-corrected chi connectivity index (χ1v) is 6.18. The number of methoxy groups -OCH3 is 2. The Morgan fingerprint density at radius 1 is 1.53 bits per heavy atom. The molecule has 1 heterocycles. The van der Waals surface area contributed by atoms with Gasteiger partial charge in [0.1, 0.15) is 4.88 Å². The summed E-state index contributed by atoms with van der Waals surface area (Å²) >= 11 is 1.31. The van der Waals surface area contributed by atoms with Crippen LogP contribution in [0.15, 0.2) is 0 Å². The van der Waals surface area contributed by atoms with Gasteiger partial charge in [0.15, 0.2) is 5.13 Å². The Balaban J connectivity index is 2.58. The highest BCUT2D eigenvalue weighted by Gasteiger charge is 2.15. The number of nitrogens with one attached hydrogen (secondary N) is 1. The predicted molar refractivity (Wildman–Crippen MR) is 67.7 cm³/mol. The molecule has 17 heavy (non-hydrogen) atoms. The minimum absolute atomic E-state index is 0.335. The van der Waals surface area contributed by atoms with Crippen LogP contribution in [0.1, 0.15) is 22.3 Å². The average molecular weight is 258 g/mol. The van der Waals surface area contributed by atoms with E-state index in [1.54, 1.807) is 14.0 Å². The van der Waals surface area contributed by atoms with Gasteiger partial charge in [-0.15, -0.1) is 0 Å². The maximum absolute atomic E-state index is 11.4.